The minimum Gasteiger partial charge on any atom is -0.294 e. The van der Waals surface area contributed by atoms with Crippen LogP contribution in [-0.4, -0.2) is 25.9 Å². The van der Waals surface area contributed by atoms with Crippen molar-refractivity contribution in [2.75, 3.05) is 6.54 Å². The molecule has 0 aliphatic carbocycles. The quantitative estimate of drug-likeness (QED) is 0.381. The highest BCUT2D eigenvalue weighted by Crippen LogP contribution is 2.63. The Morgan fingerprint density at radius 1 is 1.58 bits per heavy atom. The van der Waals surface area contributed by atoms with E-state index >= 15 is 0 Å². The predicted molar refractivity (Wildman–Crippen MR) is 77.3 cm³/mol. The Hall–Kier alpha value is -0.640. The van der Waals surface area contributed by atoms with Crippen molar-refractivity contribution in [2.24, 2.45) is 5.84 Å². The zero-order valence-electron chi connectivity index (χ0n) is 10.3. The molecule has 1 atom stereocenters. The number of fused-ring (bicyclic) bond motifs is 1. The first-order chi connectivity index (χ1) is 8.87. The highest BCUT2D eigenvalue weighted by atomic mass is 79.9. The van der Waals surface area contributed by atoms with Crippen LogP contribution in [0.4, 0.5) is 0 Å². The van der Waals surface area contributed by atoms with Crippen LogP contribution in [0, 0.1) is 0 Å². The molecule has 6 nitrogen and oxygen atoms in total. The molecule has 8 heteroatoms. The average molecular weight is 350 g/mol. The van der Waals surface area contributed by atoms with E-state index in [1.165, 1.54) is 0 Å². The van der Waals surface area contributed by atoms with Gasteiger partial charge in [-0.1, -0.05) is 15.9 Å². The number of carbonyl (C=O) groups excluding carboxylic acids is 1. The third-order valence-corrected chi connectivity index (χ3v) is 5.80. The third-order valence-electron chi connectivity index (χ3n) is 3.20. The Morgan fingerprint density at radius 3 is 2.89 bits per heavy atom. The van der Waals surface area contributed by atoms with E-state index < -0.39 is 10.8 Å². The van der Waals surface area contributed by atoms with Gasteiger partial charge in [-0.15, -0.1) is 10.8 Å². The van der Waals surface area contributed by atoms with Crippen molar-refractivity contribution in [3.05, 3.63) is 28.2 Å². The number of amides is 1. The average Bonchev–Trinajstić information content (AvgIpc) is 2.54. The van der Waals surface area contributed by atoms with Gasteiger partial charge in [-0.3, -0.25) is 19.3 Å². The molecule has 106 valence electrons. The third kappa shape index (κ3) is 2.64. The Labute approximate surface area is 121 Å². The Balaban J connectivity index is 2.26. The summed E-state index contributed by atoms with van der Waals surface area (Å²) >= 11 is 3.37. The van der Waals surface area contributed by atoms with Crippen molar-refractivity contribution in [2.45, 2.75) is 24.3 Å². The number of hydrogen-bond donors (Lipinski definition) is 4. The Bertz CT molecular complexity index is 512. The van der Waals surface area contributed by atoms with Crippen LogP contribution in [0.5, 0.6) is 0 Å². The number of halogens is 1. The first kappa shape index (κ1) is 14.8. The molecule has 0 radical (unpaired) electrons. The number of nitrogens with zero attached hydrogens (tertiary/aromatic N) is 1. The zero-order valence-corrected chi connectivity index (χ0v) is 12.7. The van der Waals surface area contributed by atoms with Gasteiger partial charge in [0.15, 0.2) is 0 Å². The molecular weight excluding hydrogens is 334 g/mol. The molecule has 0 spiro atoms. The summed E-state index contributed by atoms with van der Waals surface area (Å²) in [4.78, 5) is 11.7. The molecule has 5 N–H and O–H groups in total. The largest absolute Gasteiger partial charge is 0.294 e. The summed E-state index contributed by atoms with van der Waals surface area (Å²) < 4.78 is 23.1. The van der Waals surface area contributed by atoms with Gasteiger partial charge >= 0.3 is 0 Å². The summed E-state index contributed by atoms with van der Waals surface area (Å²) in [6, 6.07) is 5.18. The molecule has 0 bridgehead atoms. The molecule has 2 rings (SSSR count). The van der Waals surface area contributed by atoms with Crippen LogP contribution in [0.1, 0.15) is 24.9 Å². The molecule has 1 aromatic rings. The summed E-state index contributed by atoms with van der Waals surface area (Å²) in [5.41, 5.74) is 2.90. The van der Waals surface area contributed by atoms with Crippen molar-refractivity contribution in [3.8, 4) is 0 Å². The zero-order chi connectivity index (χ0) is 14.2. The molecular formula is C11H16BrN3O3S. The van der Waals surface area contributed by atoms with Crippen LogP contribution >= 0.6 is 26.7 Å². The van der Waals surface area contributed by atoms with Crippen molar-refractivity contribution < 1.29 is 13.9 Å². The minimum absolute atomic E-state index is 0.117. The Morgan fingerprint density at radius 2 is 2.26 bits per heavy atom. The molecule has 0 aromatic heterocycles. The van der Waals surface area contributed by atoms with Crippen LogP contribution in [0.15, 0.2) is 27.6 Å². The number of hydrogen-bond acceptors (Lipinski definition) is 5. The maximum Gasteiger partial charge on any atom is 0.235 e. The van der Waals surface area contributed by atoms with Crippen molar-refractivity contribution in [1.29, 1.82) is 0 Å². The lowest BCUT2D eigenvalue weighted by Crippen LogP contribution is -2.34. The van der Waals surface area contributed by atoms with Crippen LogP contribution in [-0.2, 0) is 4.79 Å². The minimum atomic E-state index is -3.02. The molecule has 0 fully saturated rings. The van der Waals surface area contributed by atoms with Crippen molar-refractivity contribution >= 4 is 32.6 Å². The summed E-state index contributed by atoms with van der Waals surface area (Å²) in [6.07, 6.45) is 0.117. The predicted octanol–water partition coefficient (Wildman–Crippen LogP) is 2.23. The van der Waals surface area contributed by atoms with Gasteiger partial charge < -0.3 is 0 Å². The number of carbonyl (C=O) groups is 1. The lowest BCUT2D eigenvalue weighted by molar-refractivity contribution is -0.121. The van der Waals surface area contributed by atoms with Gasteiger partial charge in [0.1, 0.15) is 0 Å². The van der Waals surface area contributed by atoms with Gasteiger partial charge in [0.2, 0.25) is 5.91 Å². The molecule has 0 saturated carbocycles. The van der Waals surface area contributed by atoms with E-state index in [-0.39, 0.29) is 24.9 Å². The van der Waals surface area contributed by atoms with Gasteiger partial charge in [-0.2, -0.15) is 4.31 Å². The highest BCUT2D eigenvalue weighted by Gasteiger charge is 2.40. The summed E-state index contributed by atoms with van der Waals surface area (Å²) in [6.45, 7) is 2.12. The number of hydrazine groups is 1. The smallest absolute Gasteiger partial charge is 0.235 e. The fourth-order valence-corrected chi connectivity index (χ4v) is 4.53. The molecule has 1 amide bonds. The maximum absolute atomic E-state index is 11.2. The standard InChI is InChI=1S/C11H16BrN3O3S/c1-7-9-6-8(12)2-3-10(9)19(17,18)15(7)5-4-11(16)14-13/h2-3,6-7,17-18H,4-5,13H2,1H3,(H,14,16). The van der Waals surface area contributed by atoms with E-state index in [0.29, 0.717) is 4.90 Å². The van der Waals surface area contributed by atoms with Gasteiger partial charge in [-0.05, 0) is 30.7 Å². The highest BCUT2D eigenvalue weighted by molar-refractivity contribution is 9.10. The van der Waals surface area contributed by atoms with Crippen LogP contribution in [0.3, 0.4) is 0 Å². The van der Waals surface area contributed by atoms with Crippen molar-refractivity contribution in [1.82, 2.24) is 9.73 Å². The second kappa shape index (κ2) is 5.39. The second-order valence-electron chi connectivity index (χ2n) is 4.34. The summed E-state index contributed by atoms with van der Waals surface area (Å²) in [5.74, 6) is 4.69. The van der Waals surface area contributed by atoms with Gasteiger partial charge in [0.25, 0.3) is 0 Å². The fourth-order valence-electron chi connectivity index (χ4n) is 2.20. The number of benzene rings is 1. The van der Waals surface area contributed by atoms with Crippen molar-refractivity contribution in [3.63, 3.8) is 0 Å². The molecule has 1 aliphatic heterocycles. The molecule has 0 saturated heterocycles. The van der Waals surface area contributed by atoms with E-state index in [0.717, 1.165) is 10.0 Å². The molecule has 19 heavy (non-hydrogen) atoms. The molecule has 1 aliphatic rings. The molecule has 1 aromatic carbocycles. The lowest BCUT2D eigenvalue weighted by atomic mass is 10.1. The lowest BCUT2D eigenvalue weighted by Gasteiger charge is -2.39. The number of rotatable bonds is 3. The second-order valence-corrected chi connectivity index (χ2v) is 7.20. The Kier molecular flexibility index (Phi) is 4.19. The van der Waals surface area contributed by atoms with E-state index in [9.17, 15) is 13.9 Å². The number of nitrogens with one attached hydrogen (secondary N) is 1. The van der Waals surface area contributed by atoms with E-state index in [1.807, 2.05) is 18.4 Å². The van der Waals surface area contributed by atoms with Gasteiger partial charge in [0.05, 0.1) is 10.9 Å². The van der Waals surface area contributed by atoms with Gasteiger partial charge in [0, 0.05) is 17.4 Å². The monoisotopic (exact) mass is 349 g/mol. The summed E-state index contributed by atoms with van der Waals surface area (Å²) in [7, 11) is -3.02. The van der Waals surface area contributed by atoms with E-state index in [2.05, 4.69) is 15.9 Å². The maximum atomic E-state index is 11.2. The summed E-state index contributed by atoms with van der Waals surface area (Å²) in [5, 5.41) is 0. The van der Waals surface area contributed by atoms with Gasteiger partial charge in [-0.25, -0.2) is 5.84 Å². The first-order valence-electron chi connectivity index (χ1n) is 5.72. The topological polar surface area (TPSA) is 98.8 Å². The van der Waals surface area contributed by atoms with E-state index in [1.54, 1.807) is 16.4 Å². The van der Waals surface area contributed by atoms with E-state index in [4.69, 9.17) is 5.84 Å². The first-order valence-corrected chi connectivity index (χ1v) is 8.01. The van der Waals surface area contributed by atoms with Crippen LogP contribution in [0.25, 0.3) is 0 Å². The fraction of sp³-hybridized carbons (Fsp3) is 0.364. The SMILES string of the molecule is CC1c2cc(Br)ccc2S(O)(O)N1CCC(=O)NN. The number of nitrogens with two attached hydrogens (primary N) is 1. The van der Waals surface area contributed by atoms with Crippen LogP contribution < -0.4 is 11.3 Å². The molecule has 1 heterocycles. The normalized spacial score (nSPS) is 22.9. The van der Waals surface area contributed by atoms with Crippen LogP contribution in [0.2, 0.25) is 0 Å². The molecule has 1 unspecified atom stereocenters.